The molecular weight excluding hydrogens is 312 g/mol. The van der Waals surface area contributed by atoms with E-state index in [9.17, 15) is 0 Å². The molecule has 0 aromatic heterocycles. The van der Waals surface area contributed by atoms with E-state index in [4.69, 9.17) is 4.74 Å². The van der Waals surface area contributed by atoms with Crippen molar-refractivity contribution in [1.82, 2.24) is 0 Å². The van der Waals surface area contributed by atoms with Crippen LogP contribution in [0.1, 0.15) is 58.9 Å². The van der Waals surface area contributed by atoms with Gasteiger partial charge in [-0.1, -0.05) is 51.1 Å². The highest BCUT2D eigenvalue weighted by molar-refractivity contribution is 7.99. The predicted octanol–water partition coefficient (Wildman–Crippen LogP) is 5.93. The molecule has 6 atom stereocenters. The lowest BCUT2D eigenvalue weighted by atomic mass is 9.49. The van der Waals surface area contributed by atoms with Crippen molar-refractivity contribution in [3.05, 3.63) is 35.9 Å². The summed E-state index contributed by atoms with van der Waals surface area (Å²) in [6, 6.07) is 11.0. The molecule has 24 heavy (non-hydrogen) atoms. The van der Waals surface area contributed by atoms with Crippen LogP contribution in [0.4, 0.5) is 0 Å². The van der Waals surface area contributed by atoms with Gasteiger partial charge >= 0.3 is 0 Å². The van der Waals surface area contributed by atoms with Gasteiger partial charge in [-0.15, -0.1) is 0 Å². The monoisotopic (exact) mass is 344 g/mol. The summed E-state index contributed by atoms with van der Waals surface area (Å²) in [7, 11) is 0. The molecule has 3 aliphatic rings. The summed E-state index contributed by atoms with van der Waals surface area (Å²) in [4.78, 5) is 0. The van der Waals surface area contributed by atoms with Gasteiger partial charge in [0.2, 0.25) is 0 Å². The number of fused-ring (bicyclic) bond motifs is 4. The Bertz CT molecular complexity index is 583. The molecule has 4 rings (SSSR count). The standard InChI is InChI=1S/C22H32OS/c1-15-19-10-11-22(4,23-19)18-13-21(2,3)17(18)12-20(15)24-14-16-8-6-5-7-9-16/h5-9,15,17-20H,10-14H2,1-4H3/t15?,17-,18+,19+,20?,22+/m1/s1. The van der Waals surface area contributed by atoms with Crippen LogP contribution in [0.2, 0.25) is 0 Å². The molecular formula is C22H32OS. The van der Waals surface area contributed by atoms with E-state index in [0.717, 1.165) is 22.8 Å². The average Bonchev–Trinajstić information content (AvgIpc) is 2.96. The third-order valence-corrected chi connectivity index (χ3v) is 8.88. The lowest BCUT2D eigenvalue weighted by molar-refractivity contribution is -0.181. The van der Waals surface area contributed by atoms with E-state index >= 15 is 0 Å². The van der Waals surface area contributed by atoms with Gasteiger partial charge in [-0.25, -0.2) is 0 Å². The van der Waals surface area contributed by atoms with E-state index in [1.807, 2.05) is 0 Å². The van der Waals surface area contributed by atoms with E-state index in [0.29, 0.717) is 17.4 Å². The molecule has 0 spiro atoms. The Labute approximate surface area is 151 Å². The minimum absolute atomic E-state index is 0.161. The second kappa shape index (κ2) is 6.06. The Kier molecular flexibility index (Phi) is 4.28. The minimum Gasteiger partial charge on any atom is -0.371 e. The van der Waals surface area contributed by atoms with Crippen LogP contribution >= 0.6 is 11.8 Å². The van der Waals surface area contributed by atoms with Gasteiger partial charge in [0, 0.05) is 11.0 Å². The van der Waals surface area contributed by atoms with Gasteiger partial charge in [0.15, 0.2) is 0 Å². The van der Waals surface area contributed by atoms with Crippen molar-refractivity contribution in [2.75, 3.05) is 0 Å². The van der Waals surface area contributed by atoms with Gasteiger partial charge in [0.05, 0.1) is 11.7 Å². The van der Waals surface area contributed by atoms with Crippen LogP contribution in [0.3, 0.4) is 0 Å². The molecule has 2 bridgehead atoms. The first-order valence-electron chi connectivity index (χ1n) is 9.72. The van der Waals surface area contributed by atoms with E-state index in [1.165, 1.54) is 31.2 Å². The second-order valence-electron chi connectivity index (χ2n) is 9.34. The number of ether oxygens (including phenoxy) is 1. The smallest absolute Gasteiger partial charge is 0.0690 e. The SMILES string of the molecule is CC1C(SCc2ccccc2)C[C@@H]2[C@H](CC2(C)C)[C@]2(C)CC[C@@H]1O2. The predicted molar refractivity (Wildman–Crippen MR) is 103 cm³/mol. The zero-order valence-electron chi connectivity index (χ0n) is 15.6. The highest BCUT2D eigenvalue weighted by Gasteiger charge is 2.59. The van der Waals surface area contributed by atoms with Gasteiger partial charge in [-0.05, 0) is 61.3 Å². The number of benzene rings is 1. The number of rotatable bonds is 3. The molecule has 2 saturated heterocycles. The second-order valence-corrected chi connectivity index (χ2v) is 10.6. The Hall–Kier alpha value is -0.470. The Balaban J connectivity index is 1.53. The summed E-state index contributed by atoms with van der Waals surface area (Å²) in [5.74, 6) is 3.41. The third kappa shape index (κ3) is 2.84. The number of hydrogen-bond donors (Lipinski definition) is 0. The summed E-state index contributed by atoms with van der Waals surface area (Å²) in [5, 5.41) is 0.727. The summed E-state index contributed by atoms with van der Waals surface area (Å²) in [5.41, 5.74) is 2.12. The average molecular weight is 345 g/mol. The van der Waals surface area contributed by atoms with Crippen LogP contribution in [0.5, 0.6) is 0 Å². The molecule has 1 nitrogen and oxygen atoms in total. The lowest BCUT2D eigenvalue weighted by Crippen LogP contribution is -2.57. The fourth-order valence-corrected chi connectivity index (χ4v) is 7.03. The number of thioether (sulfide) groups is 1. The highest BCUT2D eigenvalue weighted by atomic mass is 32.2. The van der Waals surface area contributed by atoms with Gasteiger partial charge in [-0.2, -0.15) is 11.8 Å². The first-order valence-corrected chi connectivity index (χ1v) is 10.8. The number of hydrogen-bond acceptors (Lipinski definition) is 2. The van der Waals surface area contributed by atoms with Crippen LogP contribution in [0, 0.1) is 23.2 Å². The molecule has 2 heteroatoms. The molecule has 0 radical (unpaired) electrons. The highest BCUT2D eigenvalue weighted by Crippen LogP contribution is 2.62. The van der Waals surface area contributed by atoms with Crippen molar-refractivity contribution in [2.24, 2.45) is 23.2 Å². The molecule has 0 N–H and O–H groups in total. The fraction of sp³-hybridized carbons (Fsp3) is 0.727. The first kappa shape index (κ1) is 17.0. The molecule has 1 aromatic rings. The van der Waals surface area contributed by atoms with E-state index < -0.39 is 0 Å². The molecule has 1 saturated carbocycles. The molecule has 1 aromatic carbocycles. The maximum absolute atomic E-state index is 6.70. The third-order valence-electron chi connectivity index (χ3n) is 7.33. The normalized spacial score (nSPS) is 43.4. The molecule has 2 aliphatic heterocycles. The van der Waals surface area contributed by atoms with E-state index in [1.54, 1.807) is 0 Å². The van der Waals surface area contributed by atoms with Crippen LogP contribution in [-0.4, -0.2) is 17.0 Å². The van der Waals surface area contributed by atoms with E-state index in [2.05, 4.69) is 69.8 Å². The molecule has 1 aliphatic carbocycles. The van der Waals surface area contributed by atoms with Gasteiger partial charge < -0.3 is 4.74 Å². The van der Waals surface area contributed by atoms with Crippen LogP contribution in [-0.2, 0) is 10.5 Å². The maximum atomic E-state index is 6.70. The molecule has 132 valence electrons. The van der Waals surface area contributed by atoms with Crippen LogP contribution in [0.15, 0.2) is 30.3 Å². The van der Waals surface area contributed by atoms with Gasteiger partial charge in [0.25, 0.3) is 0 Å². The summed E-state index contributed by atoms with van der Waals surface area (Å²) in [6.07, 6.45) is 5.75. The van der Waals surface area contributed by atoms with Crippen molar-refractivity contribution in [3.8, 4) is 0 Å². The van der Waals surface area contributed by atoms with Crippen molar-refractivity contribution in [2.45, 2.75) is 76.1 Å². The van der Waals surface area contributed by atoms with Gasteiger partial charge in [0.1, 0.15) is 0 Å². The van der Waals surface area contributed by atoms with Crippen molar-refractivity contribution >= 4 is 11.8 Å². The summed E-state index contributed by atoms with van der Waals surface area (Å²) >= 11 is 2.18. The molecule has 0 amide bonds. The van der Waals surface area contributed by atoms with E-state index in [-0.39, 0.29) is 5.60 Å². The quantitative estimate of drug-likeness (QED) is 0.672. The topological polar surface area (TPSA) is 9.23 Å². The molecule has 2 unspecified atom stereocenters. The first-order chi connectivity index (χ1) is 11.4. The summed E-state index contributed by atoms with van der Waals surface area (Å²) in [6.45, 7) is 9.82. The Morgan fingerprint density at radius 2 is 1.88 bits per heavy atom. The minimum atomic E-state index is 0.161. The molecule has 2 heterocycles. The Morgan fingerprint density at radius 1 is 1.12 bits per heavy atom. The maximum Gasteiger partial charge on any atom is 0.0690 e. The van der Waals surface area contributed by atoms with Crippen molar-refractivity contribution < 1.29 is 4.74 Å². The van der Waals surface area contributed by atoms with Crippen LogP contribution in [0.25, 0.3) is 0 Å². The zero-order valence-corrected chi connectivity index (χ0v) is 16.4. The Morgan fingerprint density at radius 3 is 2.58 bits per heavy atom. The lowest BCUT2D eigenvalue weighted by Gasteiger charge is -2.59. The summed E-state index contributed by atoms with van der Waals surface area (Å²) < 4.78 is 6.70. The fourth-order valence-electron chi connectivity index (χ4n) is 5.61. The van der Waals surface area contributed by atoms with Gasteiger partial charge in [-0.3, -0.25) is 0 Å². The molecule has 3 fully saturated rings. The zero-order chi connectivity index (χ0) is 16.9. The van der Waals surface area contributed by atoms with Crippen molar-refractivity contribution in [1.29, 1.82) is 0 Å². The largest absolute Gasteiger partial charge is 0.371 e. The van der Waals surface area contributed by atoms with Crippen LogP contribution < -0.4 is 0 Å². The van der Waals surface area contributed by atoms with Crippen molar-refractivity contribution in [3.63, 3.8) is 0 Å².